The van der Waals surface area contributed by atoms with Crippen LogP contribution in [0.15, 0.2) is 35.7 Å². The second kappa shape index (κ2) is 6.98. The molecular formula is C16H17N3O4S. The Morgan fingerprint density at radius 2 is 2.00 bits per heavy atom. The van der Waals surface area contributed by atoms with Crippen LogP contribution in [0.2, 0.25) is 0 Å². The van der Waals surface area contributed by atoms with E-state index < -0.39 is 4.92 Å². The molecule has 0 saturated heterocycles. The smallest absolute Gasteiger partial charge is 0.269 e. The van der Waals surface area contributed by atoms with Gasteiger partial charge in [-0.05, 0) is 30.0 Å². The number of benzene rings is 1. The summed E-state index contributed by atoms with van der Waals surface area (Å²) < 4.78 is 0. The van der Waals surface area contributed by atoms with E-state index in [0.29, 0.717) is 18.7 Å². The molecule has 126 valence electrons. The number of aliphatic hydroxyl groups excluding tert-OH is 1. The molecule has 0 unspecified atom stereocenters. The number of hydrogen-bond acceptors (Lipinski definition) is 6. The highest BCUT2D eigenvalue weighted by Gasteiger charge is 2.26. The van der Waals surface area contributed by atoms with Crippen LogP contribution in [-0.2, 0) is 0 Å². The highest BCUT2D eigenvalue weighted by Crippen LogP contribution is 2.38. The fourth-order valence-corrected chi connectivity index (χ4v) is 3.76. The maximum atomic E-state index is 12.9. The molecule has 1 aromatic heterocycles. The van der Waals surface area contributed by atoms with E-state index in [9.17, 15) is 20.0 Å². The molecule has 3 rings (SSSR count). The average molecular weight is 347 g/mol. The van der Waals surface area contributed by atoms with Crippen molar-refractivity contribution in [2.24, 2.45) is 0 Å². The molecule has 1 amide bonds. The summed E-state index contributed by atoms with van der Waals surface area (Å²) in [7, 11) is 0. The third-order valence-corrected chi connectivity index (χ3v) is 4.92. The molecule has 0 fully saturated rings. The molecule has 2 aromatic rings. The van der Waals surface area contributed by atoms with Gasteiger partial charge < -0.3 is 14.9 Å². The molecule has 1 aromatic carbocycles. The molecule has 1 N–H and O–H groups in total. The standard InChI is InChI=1S/C16H17N3O4S/c20-10-9-17-7-1-8-18(14-6-11-24-16(14)17)15(21)12-2-4-13(5-3-12)19(22)23/h2-6,11,20H,1,7-10H2. The number of anilines is 2. The predicted molar refractivity (Wildman–Crippen MR) is 93.0 cm³/mol. The van der Waals surface area contributed by atoms with Crippen LogP contribution in [-0.4, -0.2) is 42.2 Å². The van der Waals surface area contributed by atoms with Crippen molar-refractivity contribution in [3.8, 4) is 0 Å². The second-order valence-electron chi connectivity index (χ2n) is 5.44. The first-order valence-electron chi connectivity index (χ1n) is 7.61. The van der Waals surface area contributed by atoms with Gasteiger partial charge in [0.2, 0.25) is 0 Å². The van der Waals surface area contributed by atoms with Crippen molar-refractivity contribution in [1.29, 1.82) is 0 Å². The number of nitrogens with zero attached hydrogens (tertiary/aromatic N) is 3. The normalized spacial score (nSPS) is 14.2. The van der Waals surface area contributed by atoms with Crippen LogP contribution in [0.25, 0.3) is 0 Å². The van der Waals surface area contributed by atoms with Crippen molar-refractivity contribution in [1.82, 2.24) is 0 Å². The topological polar surface area (TPSA) is 86.9 Å². The number of aliphatic hydroxyl groups is 1. The van der Waals surface area contributed by atoms with Gasteiger partial charge in [0.05, 0.1) is 17.2 Å². The third kappa shape index (κ3) is 3.10. The number of nitro benzene ring substituents is 1. The van der Waals surface area contributed by atoms with E-state index >= 15 is 0 Å². The number of hydrogen-bond donors (Lipinski definition) is 1. The second-order valence-corrected chi connectivity index (χ2v) is 6.33. The summed E-state index contributed by atoms with van der Waals surface area (Å²) in [5, 5.41) is 22.9. The SMILES string of the molecule is O=C(c1ccc([N+](=O)[O-])cc1)N1CCCN(CCO)c2sccc21. The van der Waals surface area contributed by atoms with E-state index in [1.165, 1.54) is 24.3 Å². The summed E-state index contributed by atoms with van der Waals surface area (Å²) in [5.41, 5.74) is 1.22. The zero-order chi connectivity index (χ0) is 17.1. The van der Waals surface area contributed by atoms with E-state index in [4.69, 9.17) is 0 Å². The maximum Gasteiger partial charge on any atom is 0.269 e. The Hall–Kier alpha value is -2.45. The van der Waals surface area contributed by atoms with Gasteiger partial charge in [-0.15, -0.1) is 11.3 Å². The minimum atomic E-state index is -0.482. The van der Waals surface area contributed by atoms with E-state index in [2.05, 4.69) is 4.90 Å². The van der Waals surface area contributed by atoms with Crippen molar-refractivity contribution in [3.05, 3.63) is 51.4 Å². The van der Waals surface area contributed by atoms with Gasteiger partial charge in [-0.2, -0.15) is 0 Å². The zero-order valence-corrected chi connectivity index (χ0v) is 13.7. The number of non-ortho nitro benzene ring substituents is 1. The number of fused-ring (bicyclic) bond motifs is 1. The molecule has 24 heavy (non-hydrogen) atoms. The fourth-order valence-electron chi connectivity index (χ4n) is 2.80. The van der Waals surface area contributed by atoms with Crippen molar-refractivity contribution >= 4 is 33.6 Å². The number of thiophene rings is 1. The van der Waals surface area contributed by atoms with Crippen LogP contribution in [0.3, 0.4) is 0 Å². The summed E-state index contributed by atoms with van der Waals surface area (Å²) in [6.45, 7) is 1.94. The van der Waals surface area contributed by atoms with Gasteiger partial charge in [0.15, 0.2) is 0 Å². The van der Waals surface area contributed by atoms with Crippen LogP contribution in [0.1, 0.15) is 16.8 Å². The van der Waals surface area contributed by atoms with Gasteiger partial charge in [-0.25, -0.2) is 0 Å². The van der Waals surface area contributed by atoms with Crippen LogP contribution >= 0.6 is 11.3 Å². The highest BCUT2D eigenvalue weighted by atomic mass is 32.1. The zero-order valence-electron chi connectivity index (χ0n) is 12.9. The van der Waals surface area contributed by atoms with Gasteiger partial charge in [-0.3, -0.25) is 14.9 Å². The van der Waals surface area contributed by atoms with E-state index in [-0.39, 0.29) is 18.2 Å². The first kappa shape index (κ1) is 16.4. The van der Waals surface area contributed by atoms with Crippen molar-refractivity contribution < 1.29 is 14.8 Å². The number of rotatable bonds is 4. The summed E-state index contributed by atoms with van der Waals surface area (Å²) >= 11 is 1.54. The molecule has 8 heteroatoms. The predicted octanol–water partition coefficient (Wildman–Crippen LogP) is 2.51. The lowest BCUT2D eigenvalue weighted by Crippen LogP contribution is -2.31. The van der Waals surface area contributed by atoms with Gasteiger partial charge in [0, 0.05) is 37.3 Å². The molecule has 1 aliphatic heterocycles. The van der Waals surface area contributed by atoms with Crippen LogP contribution in [0, 0.1) is 10.1 Å². The Morgan fingerprint density at radius 3 is 2.67 bits per heavy atom. The van der Waals surface area contributed by atoms with E-state index in [1.807, 2.05) is 11.4 Å². The Kier molecular flexibility index (Phi) is 4.77. The molecule has 1 aliphatic rings. The molecule has 2 heterocycles. The molecule has 0 spiro atoms. The van der Waals surface area contributed by atoms with Crippen molar-refractivity contribution in [3.63, 3.8) is 0 Å². The first-order valence-corrected chi connectivity index (χ1v) is 8.49. The summed E-state index contributed by atoms with van der Waals surface area (Å²) in [6.07, 6.45) is 0.792. The number of nitro groups is 1. The lowest BCUT2D eigenvalue weighted by molar-refractivity contribution is -0.384. The van der Waals surface area contributed by atoms with Crippen LogP contribution in [0.5, 0.6) is 0 Å². The monoisotopic (exact) mass is 347 g/mol. The average Bonchev–Trinajstić information content (AvgIpc) is 3.00. The number of β-amino-alcohol motifs (C(OH)–C–C–N with tert-alkyl or cyclic N) is 1. The number of amides is 1. The van der Waals surface area contributed by atoms with Crippen molar-refractivity contribution in [2.45, 2.75) is 6.42 Å². The molecule has 0 saturated carbocycles. The molecule has 7 nitrogen and oxygen atoms in total. The van der Waals surface area contributed by atoms with Crippen LogP contribution < -0.4 is 9.80 Å². The Bertz CT molecular complexity index is 744. The number of carbonyl (C=O) groups excluding carboxylic acids is 1. The van der Waals surface area contributed by atoms with Gasteiger partial charge >= 0.3 is 0 Å². The molecule has 0 bridgehead atoms. The largest absolute Gasteiger partial charge is 0.395 e. The summed E-state index contributed by atoms with van der Waals surface area (Å²) in [4.78, 5) is 26.9. The van der Waals surface area contributed by atoms with E-state index in [0.717, 1.165) is 23.7 Å². The Morgan fingerprint density at radius 1 is 1.25 bits per heavy atom. The van der Waals surface area contributed by atoms with Gasteiger partial charge in [0.25, 0.3) is 11.6 Å². The molecular weight excluding hydrogens is 330 g/mol. The lowest BCUT2D eigenvalue weighted by atomic mass is 10.1. The molecule has 0 radical (unpaired) electrons. The Balaban J connectivity index is 1.89. The van der Waals surface area contributed by atoms with Gasteiger partial charge in [-0.1, -0.05) is 0 Å². The number of carbonyl (C=O) groups is 1. The summed E-state index contributed by atoms with van der Waals surface area (Å²) in [6, 6.07) is 7.57. The quantitative estimate of drug-likeness (QED) is 0.678. The highest BCUT2D eigenvalue weighted by molar-refractivity contribution is 7.15. The third-order valence-electron chi connectivity index (χ3n) is 3.95. The van der Waals surface area contributed by atoms with Gasteiger partial charge in [0.1, 0.15) is 5.00 Å². The minimum absolute atomic E-state index is 0.0345. The van der Waals surface area contributed by atoms with Crippen LogP contribution in [0.4, 0.5) is 16.4 Å². The fraction of sp³-hybridized carbons (Fsp3) is 0.312. The molecule has 0 aliphatic carbocycles. The molecule has 0 atom stereocenters. The summed E-state index contributed by atoms with van der Waals surface area (Å²) in [5.74, 6) is -0.171. The van der Waals surface area contributed by atoms with E-state index in [1.54, 1.807) is 16.2 Å². The Labute approximate surface area is 142 Å². The lowest BCUT2D eigenvalue weighted by Gasteiger charge is -2.23. The maximum absolute atomic E-state index is 12.9. The first-order chi connectivity index (χ1) is 11.6. The minimum Gasteiger partial charge on any atom is -0.395 e. The van der Waals surface area contributed by atoms with Crippen molar-refractivity contribution in [2.75, 3.05) is 36.0 Å².